The maximum Gasteiger partial charge on any atom is 0.234 e. The zero-order valence-corrected chi connectivity index (χ0v) is 19.8. The highest BCUT2D eigenvalue weighted by molar-refractivity contribution is 9.10. The van der Waals surface area contributed by atoms with Crippen molar-refractivity contribution in [2.45, 2.75) is 12.1 Å². The molecule has 152 valence electrons. The highest BCUT2D eigenvalue weighted by atomic mass is 79.9. The number of nitrogens with one attached hydrogen (secondary N) is 1. The summed E-state index contributed by atoms with van der Waals surface area (Å²) in [6.45, 7) is 1.96. The van der Waals surface area contributed by atoms with Crippen molar-refractivity contribution in [2.24, 2.45) is 0 Å². The minimum absolute atomic E-state index is 0.103. The van der Waals surface area contributed by atoms with Crippen LogP contribution in [0.1, 0.15) is 5.56 Å². The van der Waals surface area contributed by atoms with E-state index < -0.39 is 0 Å². The normalized spacial score (nSPS) is 10.9. The Kier molecular flexibility index (Phi) is 6.58. The molecule has 0 saturated carbocycles. The Balaban J connectivity index is 1.56. The van der Waals surface area contributed by atoms with Gasteiger partial charge in [0.25, 0.3) is 0 Å². The van der Waals surface area contributed by atoms with Gasteiger partial charge in [0.15, 0.2) is 11.0 Å². The van der Waals surface area contributed by atoms with Crippen LogP contribution in [-0.2, 0) is 4.79 Å². The third-order valence-corrected chi connectivity index (χ3v) is 6.79. The SMILES string of the molecule is Cc1cc(Br)ccc1NC(=O)CSc1nnc(-c2cccs2)n1-c1ccc(Cl)cc1. The van der Waals surface area contributed by atoms with Crippen LogP contribution in [0.15, 0.2) is 69.6 Å². The van der Waals surface area contributed by atoms with E-state index in [2.05, 4.69) is 31.4 Å². The molecular formula is C21H16BrClN4OS2. The third kappa shape index (κ3) is 4.78. The highest BCUT2D eigenvalue weighted by Crippen LogP contribution is 2.31. The molecule has 0 atom stereocenters. The number of thiophene rings is 1. The first kappa shape index (κ1) is 21.1. The second-order valence-electron chi connectivity index (χ2n) is 6.39. The van der Waals surface area contributed by atoms with Gasteiger partial charge in [0.1, 0.15) is 0 Å². The lowest BCUT2D eigenvalue weighted by Crippen LogP contribution is -2.15. The van der Waals surface area contributed by atoms with Gasteiger partial charge in [-0.2, -0.15) is 0 Å². The van der Waals surface area contributed by atoms with Crippen LogP contribution in [0.4, 0.5) is 5.69 Å². The molecule has 9 heteroatoms. The number of halogens is 2. The second kappa shape index (κ2) is 9.34. The van der Waals surface area contributed by atoms with Gasteiger partial charge in [-0.1, -0.05) is 45.4 Å². The maximum atomic E-state index is 12.5. The first-order valence-electron chi connectivity index (χ1n) is 8.95. The van der Waals surface area contributed by atoms with Crippen LogP contribution in [0.3, 0.4) is 0 Å². The van der Waals surface area contributed by atoms with E-state index in [0.29, 0.717) is 10.2 Å². The van der Waals surface area contributed by atoms with Gasteiger partial charge in [-0.25, -0.2) is 0 Å². The Morgan fingerprint density at radius 3 is 2.70 bits per heavy atom. The summed E-state index contributed by atoms with van der Waals surface area (Å²) in [6.07, 6.45) is 0. The molecule has 0 unspecified atom stereocenters. The molecule has 2 aromatic carbocycles. The molecule has 2 aromatic heterocycles. The molecule has 5 nitrogen and oxygen atoms in total. The van der Waals surface area contributed by atoms with Crippen molar-refractivity contribution in [2.75, 3.05) is 11.1 Å². The lowest BCUT2D eigenvalue weighted by Gasteiger charge is -2.11. The van der Waals surface area contributed by atoms with E-state index in [1.54, 1.807) is 11.3 Å². The number of aryl methyl sites for hydroxylation is 1. The molecule has 1 N–H and O–H groups in total. The number of carbonyl (C=O) groups is 1. The van der Waals surface area contributed by atoms with Gasteiger partial charge >= 0.3 is 0 Å². The lowest BCUT2D eigenvalue weighted by molar-refractivity contribution is -0.113. The summed E-state index contributed by atoms with van der Waals surface area (Å²) in [5, 5.41) is 15.0. The Morgan fingerprint density at radius 1 is 1.20 bits per heavy atom. The Bertz CT molecular complexity index is 1180. The number of benzene rings is 2. The number of anilines is 1. The summed E-state index contributed by atoms with van der Waals surface area (Å²) in [7, 11) is 0. The van der Waals surface area contributed by atoms with E-state index in [4.69, 9.17) is 11.6 Å². The first-order valence-corrected chi connectivity index (χ1v) is 12.0. The van der Waals surface area contributed by atoms with Crippen LogP contribution in [0.2, 0.25) is 5.02 Å². The monoisotopic (exact) mass is 518 g/mol. The fourth-order valence-electron chi connectivity index (χ4n) is 2.84. The van der Waals surface area contributed by atoms with Gasteiger partial charge in [-0.15, -0.1) is 21.5 Å². The number of rotatable bonds is 6. The van der Waals surface area contributed by atoms with Crippen LogP contribution in [0, 0.1) is 6.92 Å². The predicted octanol–water partition coefficient (Wildman–Crippen LogP) is 6.45. The minimum Gasteiger partial charge on any atom is -0.325 e. The smallest absolute Gasteiger partial charge is 0.234 e. The van der Waals surface area contributed by atoms with Gasteiger partial charge in [0.05, 0.1) is 10.6 Å². The zero-order chi connectivity index (χ0) is 21.1. The van der Waals surface area contributed by atoms with Crippen LogP contribution < -0.4 is 5.32 Å². The average Bonchev–Trinajstić information content (AvgIpc) is 3.39. The quantitative estimate of drug-likeness (QED) is 0.297. The average molecular weight is 520 g/mol. The van der Waals surface area contributed by atoms with Gasteiger partial charge in [-0.05, 0) is 66.4 Å². The number of thioether (sulfide) groups is 1. The summed E-state index contributed by atoms with van der Waals surface area (Å²) >= 11 is 12.4. The van der Waals surface area contributed by atoms with E-state index in [9.17, 15) is 4.79 Å². The number of nitrogens with zero attached hydrogens (tertiary/aromatic N) is 3. The van der Waals surface area contributed by atoms with E-state index >= 15 is 0 Å². The van der Waals surface area contributed by atoms with E-state index in [0.717, 1.165) is 32.1 Å². The molecule has 0 aliphatic rings. The first-order chi connectivity index (χ1) is 14.5. The number of hydrogen-bond donors (Lipinski definition) is 1. The van der Waals surface area contributed by atoms with Crippen LogP contribution in [0.5, 0.6) is 0 Å². The lowest BCUT2D eigenvalue weighted by atomic mass is 10.2. The summed E-state index contributed by atoms with van der Waals surface area (Å²) in [5.74, 6) is 0.846. The summed E-state index contributed by atoms with van der Waals surface area (Å²) in [6, 6.07) is 17.2. The molecule has 0 aliphatic carbocycles. The van der Waals surface area contributed by atoms with Crippen LogP contribution in [0.25, 0.3) is 16.4 Å². The standard InChI is InChI=1S/C21H16BrClN4OS2/c1-13-11-14(22)4-9-17(13)24-19(28)12-30-21-26-25-20(18-3-2-10-29-18)27(21)16-7-5-15(23)6-8-16/h2-11H,12H2,1H3,(H,24,28). The van der Waals surface area contributed by atoms with E-state index in [-0.39, 0.29) is 11.7 Å². The van der Waals surface area contributed by atoms with Gasteiger partial charge in [0, 0.05) is 20.9 Å². The Morgan fingerprint density at radius 2 is 2.00 bits per heavy atom. The van der Waals surface area contributed by atoms with E-state index in [1.165, 1.54) is 11.8 Å². The Labute approximate surface area is 195 Å². The molecule has 0 fully saturated rings. The number of amides is 1. The number of hydrogen-bond acceptors (Lipinski definition) is 5. The van der Waals surface area contributed by atoms with Gasteiger partial charge < -0.3 is 5.32 Å². The van der Waals surface area contributed by atoms with E-state index in [1.807, 2.05) is 71.5 Å². The van der Waals surface area contributed by atoms with Gasteiger partial charge in [-0.3, -0.25) is 9.36 Å². The largest absolute Gasteiger partial charge is 0.325 e. The highest BCUT2D eigenvalue weighted by Gasteiger charge is 2.18. The van der Waals surface area contributed by atoms with Crippen molar-refractivity contribution >= 4 is 62.2 Å². The number of carbonyl (C=O) groups excluding carboxylic acids is 1. The molecule has 0 saturated heterocycles. The molecule has 0 bridgehead atoms. The molecular weight excluding hydrogens is 504 g/mol. The fraction of sp³-hybridized carbons (Fsp3) is 0.0952. The molecule has 0 spiro atoms. The van der Waals surface area contributed by atoms with Crippen molar-refractivity contribution in [3.63, 3.8) is 0 Å². The molecule has 4 aromatic rings. The molecule has 0 aliphatic heterocycles. The fourth-order valence-corrected chi connectivity index (χ4v) is 4.89. The van der Waals surface area contributed by atoms with Crippen molar-refractivity contribution < 1.29 is 4.79 Å². The number of aromatic nitrogens is 3. The van der Waals surface area contributed by atoms with Crippen molar-refractivity contribution in [1.82, 2.24) is 14.8 Å². The molecule has 4 rings (SSSR count). The van der Waals surface area contributed by atoms with Crippen LogP contribution >= 0.6 is 50.6 Å². The van der Waals surface area contributed by atoms with Crippen molar-refractivity contribution in [3.8, 4) is 16.4 Å². The third-order valence-electron chi connectivity index (χ3n) is 4.25. The summed E-state index contributed by atoms with van der Waals surface area (Å²) in [5.41, 5.74) is 2.67. The van der Waals surface area contributed by atoms with Crippen molar-refractivity contribution in [3.05, 3.63) is 75.0 Å². The van der Waals surface area contributed by atoms with Crippen LogP contribution in [-0.4, -0.2) is 26.4 Å². The summed E-state index contributed by atoms with van der Waals surface area (Å²) < 4.78 is 2.93. The second-order valence-corrected chi connectivity index (χ2v) is 9.63. The topological polar surface area (TPSA) is 59.8 Å². The van der Waals surface area contributed by atoms with Crippen molar-refractivity contribution in [1.29, 1.82) is 0 Å². The van der Waals surface area contributed by atoms with Gasteiger partial charge in [0.2, 0.25) is 5.91 Å². The molecule has 2 heterocycles. The Hall–Kier alpha value is -2.13. The summed E-state index contributed by atoms with van der Waals surface area (Å²) in [4.78, 5) is 13.5. The minimum atomic E-state index is -0.103. The zero-order valence-electron chi connectivity index (χ0n) is 15.8. The molecule has 30 heavy (non-hydrogen) atoms. The predicted molar refractivity (Wildman–Crippen MR) is 128 cm³/mol. The molecule has 1 amide bonds. The maximum absolute atomic E-state index is 12.5. The molecule has 0 radical (unpaired) electrons.